The van der Waals surface area contributed by atoms with Crippen molar-refractivity contribution in [3.63, 3.8) is 0 Å². The number of halogens is 2. The Hall–Kier alpha value is -1.89. The van der Waals surface area contributed by atoms with Crippen LogP contribution in [0, 0.1) is 11.6 Å². The Labute approximate surface area is 96.4 Å². The van der Waals surface area contributed by atoms with Crippen LogP contribution in [0.25, 0.3) is 0 Å². The van der Waals surface area contributed by atoms with Crippen molar-refractivity contribution >= 4 is 0 Å². The molecule has 0 spiro atoms. The van der Waals surface area contributed by atoms with E-state index in [2.05, 4.69) is 20.7 Å². The first kappa shape index (κ1) is 11.6. The molecule has 0 aliphatic carbocycles. The summed E-state index contributed by atoms with van der Waals surface area (Å²) in [5.41, 5.74) is 0.660. The molecule has 17 heavy (non-hydrogen) atoms. The van der Waals surface area contributed by atoms with Crippen LogP contribution in [0.2, 0.25) is 0 Å². The van der Waals surface area contributed by atoms with E-state index in [4.69, 9.17) is 0 Å². The lowest BCUT2D eigenvalue weighted by Crippen LogP contribution is -2.14. The fourth-order valence-corrected chi connectivity index (χ4v) is 1.36. The second-order valence-corrected chi connectivity index (χ2v) is 3.55. The number of nitrogens with one attached hydrogen (secondary N) is 1. The number of aromatic nitrogens is 4. The molecule has 1 aromatic heterocycles. The summed E-state index contributed by atoms with van der Waals surface area (Å²) in [6.07, 6.45) is 0. The van der Waals surface area contributed by atoms with Crippen molar-refractivity contribution in [1.82, 2.24) is 25.5 Å². The summed E-state index contributed by atoms with van der Waals surface area (Å²) in [5, 5.41) is 14.4. The standard InChI is InChI=1S/C10H11F2N5/c1-17-15-10(14-16-17)6-13-5-7-2-3-8(11)9(12)4-7/h2-4,13H,5-6H2,1H3. The maximum Gasteiger partial charge on any atom is 0.188 e. The van der Waals surface area contributed by atoms with Crippen LogP contribution < -0.4 is 5.32 Å². The highest BCUT2D eigenvalue weighted by molar-refractivity contribution is 5.17. The van der Waals surface area contributed by atoms with Crippen LogP contribution >= 0.6 is 0 Å². The van der Waals surface area contributed by atoms with Crippen molar-refractivity contribution in [2.24, 2.45) is 7.05 Å². The molecule has 2 rings (SSSR count). The number of hydrogen-bond acceptors (Lipinski definition) is 4. The first-order valence-corrected chi connectivity index (χ1v) is 5.02. The molecule has 5 nitrogen and oxygen atoms in total. The summed E-state index contributed by atoms with van der Waals surface area (Å²) in [6, 6.07) is 3.79. The van der Waals surface area contributed by atoms with Gasteiger partial charge in [-0.15, -0.1) is 10.2 Å². The minimum absolute atomic E-state index is 0.412. The Morgan fingerprint density at radius 2 is 2.06 bits per heavy atom. The zero-order chi connectivity index (χ0) is 12.3. The molecular weight excluding hydrogens is 228 g/mol. The van der Waals surface area contributed by atoms with Gasteiger partial charge in [0.15, 0.2) is 17.5 Å². The van der Waals surface area contributed by atoms with Gasteiger partial charge < -0.3 is 5.32 Å². The Balaban J connectivity index is 1.87. The maximum atomic E-state index is 12.9. The fourth-order valence-electron chi connectivity index (χ4n) is 1.36. The van der Waals surface area contributed by atoms with Gasteiger partial charge in [-0.2, -0.15) is 4.80 Å². The molecule has 0 amide bonds. The molecule has 0 atom stereocenters. The molecule has 1 N–H and O–H groups in total. The third-order valence-corrected chi connectivity index (χ3v) is 2.15. The summed E-state index contributed by atoms with van der Waals surface area (Å²) >= 11 is 0. The van der Waals surface area contributed by atoms with E-state index in [1.54, 1.807) is 7.05 Å². The smallest absolute Gasteiger partial charge is 0.188 e. The minimum Gasteiger partial charge on any atom is -0.306 e. The van der Waals surface area contributed by atoms with Crippen LogP contribution in [-0.4, -0.2) is 20.2 Å². The average Bonchev–Trinajstić information content (AvgIpc) is 2.70. The molecular formula is C10H11F2N5. The first-order chi connectivity index (χ1) is 8.15. The van der Waals surface area contributed by atoms with E-state index in [-0.39, 0.29) is 0 Å². The normalized spacial score (nSPS) is 10.8. The van der Waals surface area contributed by atoms with Crippen LogP contribution in [0.15, 0.2) is 18.2 Å². The highest BCUT2D eigenvalue weighted by Crippen LogP contribution is 2.08. The zero-order valence-corrected chi connectivity index (χ0v) is 9.19. The van der Waals surface area contributed by atoms with E-state index < -0.39 is 11.6 Å². The molecule has 2 aromatic rings. The first-order valence-electron chi connectivity index (χ1n) is 5.02. The average molecular weight is 239 g/mol. The van der Waals surface area contributed by atoms with Crippen molar-refractivity contribution in [1.29, 1.82) is 0 Å². The van der Waals surface area contributed by atoms with Gasteiger partial charge >= 0.3 is 0 Å². The van der Waals surface area contributed by atoms with Crippen LogP contribution in [0.1, 0.15) is 11.4 Å². The monoisotopic (exact) mass is 239 g/mol. The summed E-state index contributed by atoms with van der Waals surface area (Å²) in [4.78, 5) is 1.36. The molecule has 90 valence electrons. The van der Waals surface area contributed by atoms with E-state index in [0.717, 1.165) is 12.1 Å². The summed E-state index contributed by atoms with van der Waals surface area (Å²) in [7, 11) is 1.67. The van der Waals surface area contributed by atoms with E-state index in [1.165, 1.54) is 10.9 Å². The summed E-state index contributed by atoms with van der Waals surface area (Å²) in [5.74, 6) is -1.14. The van der Waals surface area contributed by atoms with Crippen molar-refractivity contribution < 1.29 is 8.78 Å². The van der Waals surface area contributed by atoms with Gasteiger partial charge in [0.2, 0.25) is 0 Å². The van der Waals surface area contributed by atoms with Crippen LogP contribution in [0.4, 0.5) is 8.78 Å². The number of hydrogen-bond donors (Lipinski definition) is 1. The van der Waals surface area contributed by atoms with Gasteiger partial charge in [-0.1, -0.05) is 6.07 Å². The van der Waals surface area contributed by atoms with Crippen LogP contribution in [0.3, 0.4) is 0 Å². The molecule has 1 aromatic carbocycles. The number of aryl methyl sites for hydroxylation is 1. The fraction of sp³-hybridized carbons (Fsp3) is 0.300. The van der Waals surface area contributed by atoms with Gasteiger partial charge in [-0.25, -0.2) is 8.78 Å². The second kappa shape index (κ2) is 4.96. The predicted molar refractivity (Wildman–Crippen MR) is 55.7 cm³/mol. The van der Waals surface area contributed by atoms with Gasteiger partial charge in [-0.05, 0) is 22.9 Å². The lowest BCUT2D eigenvalue weighted by atomic mass is 10.2. The van der Waals surface area contributed by atoms with E-state index in [1.807, 2.05) is 0 Å². The molecule has 0 saturated heterocycles. The number of nitrogens with zero attached hydrogens (tertiary/aromatic N) is 4. The molecule has 0 aliphatic heterocycles. The topological polar surface area (TPSA) is 55.6 Å². The van der Waals surface area contributed by atoms with Crippen LogP contribution in [-0.2, 0) is 20.1 Å². The predicted octanol–water partition coefficient (Wildman–Crippen LogP) is 0.778. The van der Waals surface area contributed by atoms with Gasteiger partial charge in [0.1, 0.15) is 0 Å². The molecule has 1 heterocycles. The van der Waals surface area contributed by atoms with Gasteiger partial charge in [0, 0.05) is 6.54 Å². The Morgan fingerprint density at radius 3 is 2.71 bits per heavy atom. The molecule has 0 fully saturated rings. The lowest BCUT2D eigenvalue weighted by molar-refractivity contribution is 0.505. The largest absolute Gasteiger partial charge is 0.306 e. The molecule has 0 unspecified atom stereocenters. The van der Waals surface area contributed by atoms with Crippen LogP contribution in [0.5, 0.6) is 0 Å². The third kappa shape index (κ3) is 3.04. The molecule has 0 bridgehead atoms. The Kier molecular flexibility index (Phi) is 3.38. The number of benzene rings is 1. The zero-order valence-electron chi connectivity index (χ0n) is 9.19. The molecule has 0 radical (unpaired) electrons. The van der Waals surface area contributed by atoms with Crippen molar-refractivity contribution in [2.75, 3.05) is 0 Å². The minimum atomic E-state index is -0.845. The van der Waals surface area contributed by atoms with Gasteiger partial charge in [0.25, 0.3) is 0 Å². The third-order valence-electron chi connectivity index (χ3n) is 2.15. The molecule has 7 heteroatoms. The van der Waals surface area contributed by atoms with E-state index >= 15 is 0 Å². The molecule has 0 saturated carbocycles. The Morgan fingerprint density at radius 1 is 1.24 bits per heavy atom. The number of rotatable bonds is 4. The summed E-state index contributed by atoms with van der Waals surface area (Å²) in [6.45, 7) is 0.836. The number of tetrazole rings is 1. The Bertz CT molecular complexity index is 511. The quantitative estimate of drug-likeness (QED) is 0.856. The summed E-state index contributed by atoms with van der Waals surface area (Å²) < 4.78 is 25.6. The second-order valence-electron chi connectivity index (χ2n) is 3.55. The highest BCUT2D eigenvalue weighted by atomic mass is 19.2. The SMILES string of the molecule is Cn1nnc(CNCc2ccc(F)c(F)c2)n1. The van der Waals surface area contributed by atoms with E-state index in [9.17, 15) is 8.78 Å². The lowest BCUT2D eigenvalue weighted by Gasteiger charge is -2.02. The van der Waals surface area contributed by atoms with Crippen molar-refractivity contribution in [3.05, 3.63) is 41.2 Å². The van der Waals surface area contributed by atoms with Gasteiger partial charge in [-0.3, -0.25) is 0 Å². The van der Waals surface area contributed by atoms with Crippen molar-refractivity contribution in [3.8, 4) is 0 Å². The molecule has 0 aliphatic rings. The highest BCUT2D eigenvalue weighted by Gasteiger charge is 2.03. The van der Waals surface area contributed by atoms with E-state index in [0.29, 0.717) is 24.5 Å². The van der Waals surface area contributed by atoms with Crippen molar-refractivity contribution in [2.45, 2.75) is 13.1 Å². The van der Waals surface area contributed by atoms with Gasteiger partial charge in [0.05, 0.1) is 13.6 Å². The maximum absolute atomic E-state index is 12.9.